The normalized spacial score (nSPS) is 16.9. The third-order valence-electron chi connectivity index (χ3n) is 4.54. The Morgan fingerprint density at radius 3 is 2.57 bits per heavy atom. The van der Waals surface area contributed by atoms with Gasteiger partial charge in [0.2, 0.25) is 0 Å². The molecule has 1 aliphatic heterocycles. The van der Waals surface area contributed by atoms with Crippen LogP contribution < -0.4 is 11.0 Å². The van der Waals surface area contributed by atoms with Gasteiger partial charge in [0.15, 0.2) is 0 Å². The fourth-order valence-corrected chi connectivity index (χ4v) is 3.04. The van der Waals surface area contributed by atoms with Crippen molar-refractivity contribution in [3.63, 3.8) is 0 Å². The summed E-state index contributed by atoms with van der Waals surface area (Å²) in [6, 6.07) is 8.45. The third kappa shape index (κ3) is 3.37. The van der Waals surface area contributed by atoms with Gasteiger partial charge in [-0.25, -0.2) is 4.79 Å². The van der Waals surface area contributed by atoms with Crippen LogP contribution in [0.3, 0.4) is 0 Å². The van der Waals surface area contributed by atoms with Crippen LogP contribution in [0.15, 0.2) is 35.3 Å². The number of aryl methyl sites for hydroxylation is 1. The number of H-pyrrole nitrogens is 2. The van der Waals surface area contributed by atoms with E-state index >= 15 is 0 Å². The molecule has 0 saturated carbocycles. The van der Waals surface area contributed by atoms with Gasteiger partial charge in [0.25, 0.3) is 5.91 Å². The maximum atomic E-state index is 12.2. The number of hydrogen-bond acceptors (Lipinski definition) is 3. The molecular weight excluding hydrogens is 294 g/mol. The van der Waals surface area contributed by atoms with E-state index in [1.54, 1.807) is 0 Å². The average Bonchev–Trinajstić information content (AvgIpc) is 3.01. The smallest absolute Gasteiger partial charge is 0.323 e. The number of aromatic amines is 2. The highest BCUT2D eigenvalue weighted by Gasteiger charge is 2.35. The van der Waals surface area contributed by atoms with E-state index in [1.165, 1.54) is 17.3 Å². The van der Waals surface area contributed by atoms with E-state index < -0.39 is 0 Å². The van der Waals surface area contributed by atoms with Crippen LogP contribution in [0, 0.1) is 6.92 Å². The van der Waals surface area contributed by atoms with E-state index in [1.807, 2.05) is 0 Å². The second-order valence-corrected chi connectivity index (χ2v) is 6.10. The van der Waals surface area contributed by atoms with Crippen molar-refractivity contribution in [2.45, 2.75) is 25.2 Å². The Hall–Kier alpha value is -2.34. The summed E-state index contributed by atoms with van der Waals surface area (Å²) in [5, 5.41) is 2.95. The van der Waals surface area contributed by atoms with Crippen LogP contribution in [0.2, 0.25) is 0 Å². The zero-order valence-corrected chi connectivity index (χ0v) is 13.1. The van der Waals surface area contributed by atoms with E-state index in [0.29, 0.717) is 19.8 Å². The first kappa shape index (κ1) is 15.6. The third-order valence-corrected chi connectivity index (χ3v) is 4.54. The number of aromatic nitrogens is 2. The van der Waals surface area contributed by atoms with Crippen LogP contribution in [0.4, 0.5) is 0 Å². The lowest BCUT2D eigenvalue weighted by molar-refractivity contribution is 0.0486. The first-order valence-corrected chi connectivity index (χ1v) is 7.80. The van der Waals surface area contributed by atoms with Gasteiger partial charge in [0, 0.05) is 31.4 Å². The minimum Gasteiger partial charge on any atom is -0.381 e. The van der Waals surface area contributed by atoms with Gasteiger partial charge in [-0.15, -0.1) is 0 Å². The molecule has 1 aromatic carbocycles. The second kappa shape index (κ2) is 6.42. The van der Waals surface area contributed by atoms with Crippen molar-refractivity contribution in [1.82, 2.24) is 15.3 Å². The molecule has 2 heterocycles. The summed E-state index contributed by atoms with van der Waals surface area (Å²) >= 11 is 0. The molecule has 122 valence electrons. The molecule has 23 heavy (non-hydrogen) atoms. The van der Waals surface area contributed by atoms with Crippen molar-refractivity contribution in [1.29, 1.82) is 0 Å². The number of carbonyl (C=O) groups excluding carboxylic acids is 1. The number of carbonyl (C=O) groups is 1. The molecule has 0 aliphatic carbocycles. The predicted molar refractivity (Wildman–Crippen MR) is 86.7 cm³/mol. The predicted octanol–water partition coefficient (Wildman–Crippen LogP) is 1.49. The summed E-state index contributed by atoms with van der Waals surface area (Å²) in [7, 11) is 0. The monoisotopic (exact) mass is 315 g/mol. The van der Waals surface area contributed by atoms with E-state index in [0.717, 1.165) is 12.8 Å². The number of imidazole rings is 1. The highest BCUT2D eigenvalue weighted by molar-refractivity contribution is 5.92. The average molecular weight is 315 g/mol. The van der Waals surface area contributed by atoms with Crippen molar-refractivity contribution in [2.24, 2.45) is 0 Å². The summed E-state index contributed by atoms with van der Waals surface area (Å²) in [6.07, 6.45) is 3.11. The minimum absolute atomic E-state index is 0.127. The highest BCUT2D eigenvalue weighted by Crippen LogP contribution is 2.34. The Labute approximate surface area is 134 Å². The van der Waals surface area contributed by atoms with Crippen LogP contribution in [0.1, 0.15) is 34.5 Å². The van der Waals surface area contributed by atoms with Crippen molar-refractivity contribution in [3.05, 3.63) is 57.8 Å². The standard InChI is InChI=1S/C17H21N3O3/c1-12-2-4-13(5-3-12)17(6-8-23-9-7-17)11-19-15(21)14-10-18-16(22)20-14/h2-5,10H,6-9,11H2,1H3,(H,19,21)(H2,18,20,22). The Balaban J connectivity index is 1.78. The minimum atomic E-state index is -0.380. The van der Waals surface area contributed by atoms with Gasteiger partial charge in [-0.1, -0.05) is 29.8 Å². The molecule has 3 rings (SSSR count). The van der Waals surface area contributed by atoms with Gasteiger partial charge in [0.05, 0.1) is 0 Å². The first-order chi connectivity index (χ1) is 11.1. The number of rotatable bonds is 4. The molecule has 3 N–H and O–H groups in total. The van der Waals surface area contributed by atoms with Crippen molar-refractivity contribution in [2.75, 3.05) is 19.8 Å². The van der Waals surface area contributed by atoms with Crippen molar-refractivity contribution in [3.8, 4) is 0 Å². The van der Waals surface area contributed by atoms with Gasteiger partial charge in [-0.05, 0) is 25.3 Å². The fourth-order valence-electron chi connectivity index (χ4n) is 3.04. The first-order valence-electron chi connectivity index (χ1n) is 7.80. The van der Waals surface area contributed by atoms with Gasteiger partial charge in [-0.3, -0.25) is 4.79 Å². The van der Waals surface area contributed by atoms with E-state index in [4.69, 9.17) is 4.74 Å². The number of ether oxygens (including phenoxy) is 1. The van der Waals surface area contributed by atoms with Gasteiger partial charge >= 0.3 is 5.69 Å². The lowest BCUT2D eigenvalue weighted by Crippen LogP contribution is -2.44. The Bertz CT molecular complexity index is 724. The van der Waals surface area contributed by atoms with Crippen LogP contribution in [0.25, 0.3) is 0 Å². The summed E-state index contributed by atoms with van der Waals surface area (Å²) in [5.41, 5.74) is 2.17. The molecule has 0 radical (unpaired) electrons. The summed E-state index contributed by atoms with van der Waals surface area (Å²) in [4.78, 5) is 28.2. The summed E-state index contributed by atoms with van der Waals surface area (Å²) < 4.78 is 5.50. The molecule has 6 nitrogen and oxygen atoms in total. The molecule has 1 fully saturated rings. The molecule has 1 amide bonds. The number of benzene rings is 1. The molecule has 1 saturated heterocycles. The largest absolute Gasteiger partial charge is 0.381 e. The maximum absolute atomic E-state index is 12.2. The maximum Gasteiger partial charge on any atom is 0.323 e. The highest BCUT2D eigenvalue weighted by atomic mass is 16.5. The van der Waals surface area contributed by atoms with Gasteiger partial charge in [0.1, 0.15) is 5.69 Å². The van der Waals surface area contributed by atoms with Crippen LogP contribution in [-0.2, 0) is 10.2 Å². The van der Waals surface area contributed by atoms with Gasteiger partial charge in [-0.2, -0.15) is 0 Å². The molecule has 2 aromatic rings. The molecule has 0 atom stereocenters. The zero-order chi connectivity index (χ0) is 16.3. The Morgan fingerprint density at radius 1 is 1.26 bits per heavy atom. The SMILES string of the molecule is Cc1ccc(C2(CNC(=O)c3c[nH]c(=O)[nH]3)CCOCC2)cc1. The van der Waals surface area contributed by atoms with Crippen LogP contribution >= 0.6 is 0 Å². The molecule has 1 aromatic heterocycles. The lowest BCUT2D eigenvalue weighted by atomic mass is 9.74. The van der Waals surface area contributed by atoms with Crippen molar-refractivity contribution < 1.29 is 9.53 Å². The fraction of sp³-hybridized carbons (Fsp3) is 0.412. The van der Waals surface area contributed by atoms with Gasteiger partial charge < -0.3 is 20.0 Å². The number of amides is 1. The number of nitrogens with one attached hydrogen (secondary N) is 3. The Morgan fingerprint density at radius 2 is 1.96 bits per heavy atom. The van der Waals surface area contributed by atoms with Crippen molar-refractivity contribution >= 4 is 5.91 Å². The molecule has 0 bridgehead atoms. The Kier molecular flexibility index (Phi) is 4.34. The van der Waals surface area contributed by atoms with Crippen LogP contribution in [-0.4, -0.2) is 35.6 Å². The lowest BCUT2D eigenvalue weighted by Gasteiger charge is -2.38. The zero-order valence-electron chi connectivity index (χ0n) is 13.1. The summed E-state index contributed by atoms with van der Waals surface area (Å²) in [6.45, 7) is 3.95. The quantitative estimate of drug-likeness (QED) is 0.799. The van der Waals surface area contributed by atoms with E-state index in [9.17, 15) is 9.59 Å². The second-order valence-electron chi connectivity index (χ2n) is 6.10. The molecule has 6 heteroatoms. The van der Waals surface area contributed by atoms with E-state index in [-0.39, 0.29) is 22.7 Å². The molecule has 1 aliphatic rings. The molecular formula is C17H21N3O3. The molecule has 0 unspecified atom stereocenters. The van der Waals surface area contributed by atoms with E-state index in [2.05, 4.69) is 46.5 Å². The molecule has 0 spiro atoms. The summed E-state index contributed by atoms with van der Waals surface area (Å²) in [5.74, 6) is -0.277. The number of hydrogen-bond donors (Lipinski definition) is 3. The topological polar surface area (TPSA) is 87.0 Å². The van der Waals surface area contributed by atoms with Crippen LogP contribution in [0.5, 0.6) is 0 Å².